The summed E-state index contributed by atoms with van der Waals surface area (Å²) in [6.45, 7) is 6.44. The van der Waals surface area contributed by atoms with Crippen LogP contribution < -0.4 is 5.32 Å². The largest absolute Gasteiger partial charge is 0.367 e. The van der Waals surface area contributed by atoms with Gasteiger partial charge in [-0.15, -0.1) is 0 Å². The van der Waals surface area contributed by atoms with Crippen LogP contribution >= 0.6 is 0 Å². The fourth-order valence-corrected chi connectivity index (χ4v) is 2.57. The first-order valence-corrected chi connectivity index (χ1v) is 7.10. The first kappa shape index (κ1) is 13.5. The lowest BCUT2D eigenvalue weighted by Crippen LogP contribution is -2.19. The molecule has 108 valence electrons. The quantitative estimate of drug-likeness (QED) is 0.771. The zero-order valence-electron chi connectivity index (χ0n) is 12.5. The van der Waals surface area contributed by atoms with Gasteiger partial charge in [-0.3, -0.25) is 5.10 Å². The number of aryl methyl sites for hydroxylation is 2. The number of aromatic nitrogens is 4. The van der Waals surface area contributed by atoms with Crippen LogP contribution in [0.1, 0.15) is 23.6 Å². The monoisotopic (exact) mass is 281 g/mol. The Bertz CT molecular complexity index is 762. The van der Waals surface area contributed by atoms with E-state index in [4.69, 9.17) is 0 Å². The number of nitrogens with zero attached hydrogens (tertiary/aromatic N) is 3. The Morgan fingerprint density at radius 2 is 2.10 bits per heavy atom. The van der Waals surface area contributed by atoms with Crippen LogP contribution in [0.2, 0.25) is 0 Å². The van der Waals surface area contributed by atoms with Gasteiger partial charge < -0.3 is 5.32 Å². The minimum absolute atomic E-state index is 0.277. The van der Waals surface area contributed by atoms with Crippen LogP contribution in [-0.4, -0.2) is 26.2 Å². The topological polar surface area (TPSA) is 66.5 Å². The number of nitrogens with one attached hydrogen (secondary N) is 2. The van der Waals surface area contributed by atoms with E-state index in [1.54, 1.807) is 12.5 Å². The molecule has 0 aliphatic carbocycles. The highest BCUT2D eigenvalue weighted by Gasteiger charge is 2.10. The van der Waals surface area contributed by atoms with Crippen molar-refractivity contribution in [2.24, 2.45) is 0 Å². The molecule has 5 heteroatoms. The summed E-state index contributed by atoms with van der Waals surface area (Å²) >= 11 is 0. The number of hydrogen-bond acceptors (Lipinski definition) is 4. The number of rotatable bonds is 4. The van der Waals surface area contributed by atoms with Crippen LogP contribution in [0.3, 0.4) is 0 Å². The fraction of sp³-hybridized carbons (Fsp3) is 0.312. The molecule has 0 fully saturated rings. The molecule has 2 N–H and O–H groups in total. The van der Waals surface area contributed by atoms with Crippen LogP contribution in [0.15, 0.2) is 30.7 Å². The maximum atomic E-state index is 4.32. The van der Waals surface area contributed by atoms with Crippen LogP contribution in [0, 0.1) is 13.8 Å². The van der Waals surface area contributed by atoms with E-state index in [9.17, 15) is 0 Å². The van der Waals surface area contributed by atoms with Crippen LogP contribution in [0.5, 0.6) is 0 Å². The molecule has 3 aromatic rings. The molecule has 0 saturated carbocycles. The van der Waals surface area contributed by atoms with Crippen LogP contribution in [0.4, 0.5) is 5.82 Å². The van der Waals surface area contributed by atoms with E-state index in [-0.39, 0.29) is 6.04 Å². The Labute approximate surface area is 123 Å². The van der Waals surface area contributed by atoms with Gasteiger partial charge in [-0.1, -0.05) is 23.8 Å². The highest BCUT2D eigenvalue weighted by Crippen LogP contribution is 2.19. The first-order chi connectivity index (χ1) is 10.1. The number of aromatic amines is 1. The Balaban J connectivity index is 1.77. The number of hydrogen-bond donors (Lipinski definition) is 2. The van der Waals surface area contributed by atoms with E-state index in [2.05, 4.69) is 64.5 Å². The van der Waals surface area contributed by atoms with E-state index in [0.717, 1.165) is 23.3 Å². The van der Waals surface area contributed by atoms with Gasteiger partial charge in [0.1, 0.15) is 12.1 Å². The van der Waals surface area contributed by atoms with Crippen LogP contribution in [-0.2, 0) is 6.42 Å². The molecular formula is C16H19N5. The summed E-state index contributed by atoms with van der Waals surface area (Å²) in [5, 5.41) is 11.2. The molecule has 2 heterocycles. The van der Waals surface area contributed by atoms with Gasteiger partial charge in [0.25, 0.3) is 0 Å². The summed E-state index contributed by atoms with van der Waals surface area (Å²) in [5.41, 5.74) is 4.75. The van der Waals surface area contributed by atoms with Gasteiger partial charge in [0.2, 0.25) is 0 Å². The minimum atomic E-state index is 0.277. The standard InChI is InChI=1S/C16H19N5/c1-10-4-5-13(11(2)6-10)7-12(3)20-15-14-8-19-21-16(14)18-9-17-15/h4-6,8-9,12H,7H2,1-3H3,(H2,17,18,19,20,21). The molecule has 0 spiro atoms. The molecule has 2 aromatic heterocycles. The van der Waals surface area contributed by atoms with Crippen LogP contribution in [0.25, 0.3) is 11.0 Å². The number of fused-ring (bicyclic) bond motifs is 1. The Hall–Kier alpha value is -2.43. The molecule has 0 radical (unpaired) electrons. The van der Waals surface area contributed by atoms with E-state index < -0.39 is 0 Å². The molecular weight excluding hydrogens is 262 g/mol. The molecule has 1 atom stereocenters. The second kappa shape index (κ2) is 5.52. The van der Waals surface area contributed by atoms with Crippen molar-refractivity contribution in [2.75, 3.05) is 5.32 Å². The summed E-state index contributed by atoms with van der Waals surface area (Å²) in [6.07, 6.45) is 4.25. The van der Waals surface area contributed by atoms with E-state index >= 15 is 0 Å². The van der Waals surface area contributed by atoms with Gasteiger partial charge >= 0.3 is 0 Å². The number of anilines is 1. The van der Waals surface area contributed by atoms with E-state index in [1.807, 2.05) is 0 Å². The average Bonchev–Trinajstić information content (AvgIpc) is 2.91. The Morgan fingerprint density at radius 1 is 1.24 bits per heavy atom. The molecule has 1 aromatic carbocycles. The third kappa shape index (κ3) is 2.86. The fourth-order valence-electron chi connectivity index (χ4n) is 2.57. The number of H-pyrrole nitrogens is 1. The highest BCUT2D eigenvalue weighted by molar-refractivity contribution is 5.85. The normalized spacial score (nSPS) is 12.5. The molecule has 3 rings (SSSR count). The smallest absolute Gasteiger partial charge is 0.160 e. The maximum Gasteiger partial charge on any atom is 0.160 e. The second-order valence-corrected chi connectivity index (χ2v) is 5.53. The van der Waals surface area contributed by atoms with Crippen molar-refractivity contribution in [3.8, 4) is 0 Å². The lowest BCUT2D eigenvalue weighted by atomic mass is 10.00. The third-order valence-corrected chi connectivity index (χ3v) is 3.66. The number of benzene rings is 1. The van der Waals surface area contributed by atoms with Crippen molar-refractivity contribution in [3.63, 3.8) is 0 Å². The average molecular weight is 281 g/mol. The van der Waals surface area contributed by atoms with Gasteiger partial charge in [0.15, 0.2) is 5.65 Å². The van der Waals surface area contributed by atoms with Gasteiger partial charge in [0, 0.05) is 6.04 Å². The maximum absolute atomic E-state index is 4.32. The molecule has 0 saturated heterocycles. The van der Waals surface area contributed by atoms with Crippen molar-refractivity contribution in [1.82, 2.24) is 20.2 Å². The molecule has 0 aliphatic rings. The molecule has 0 amide bonds. The Morgan fingerprint density at radius 3 is 2.90 bits per heavy atom. The zero-order valence-corrected chi connectivity index (χ0v) is 12.5. The predicted octanol–water partition coefficient (Wildman–Crippen LogP) is 3.01. The molecule has 5 nitrogen and oxygen atoms in total. The SMILES string of the molecule is Cc1ccc(CC(C)Nc2ncnc3[nH]ncc23)c(C)c1. The molecule has 0 bridgehead atoms. The van der Waals surface area contributed by atoms with Crippen molar-refractivity contribution in [1.29, 1.82) is 0 Å². The van der Waals surface area contributed by atoms with Crippen molar-refractivity contribution in [3.05, 3.63) is 47.4 Å². The summed E-state index contributed by atoms with van der Waals surface area (Å²) in [5.74, 6) is 0.825. The van der Waals surface area contributed by atoms with Crippen molar-refractivity contribution in [2.45, 2.75) is 33.2 Å². The van der Waals surface area contributed by atoms with Gasteiger partial charge in [-0.2, -0.15) is 5.10 Å². The lowest BCUT2D eigenvalue weighted by Gasteiger charge is -2.16. The van der Waals surface area contributed by atoms with Gasteiger partial charge in [0.05, 0.1) is 11.6 Å². The minimum Gasteiger partial charge on any atom is -0.367 e. The van der Waals surface area contributed by atoms with E-state index in [0.29, 0.717) is 0 Å². The molecule has 1 unspecified atom stereocenters. The molecule has 0 aliphatic heterocycles. The van der Waals surface area contributed by atoms with Gasteiger partial charge in [-0.25, -0.2) is 9.97 Å². The Kier molecular flexibility index (Phi) is 3.56. The van der Waals surface area contributed by atoms with Gasteiger partial charge in [-0.05, 0) is 38.3 Å². The zero-order chi connectivity index (χ0) is 14.8. The van der Waals surface area contributed by atoms with E-state index in [1.165, 1.54) is 16.7 Å². The summed E-state index contributed by atoms with van der Waals surface area (Å²) in [7, 11) is 0. The second-order valence-electron chi connectivity index (χ2n) is 5.53. The molecule has 21 heavy (non-hydrogen) atoms. The summed E-state index contributed by atoms with van der Waals surface area (Å²) in [4.78, 5) is 8.46. The van der Waals surface area contributed by atoms with Crippen molar-refractivity contribution < 1.29 is 0 Å². The predicted molar refractivity (Wildman–Crippen MR) is 84.4 cm³/mol. The highest BCUT2D eigenvalue weighted by atomic mass is 15.2. The lowest BCUT2D eigenvalue weighted by molar-refractivity contribution is 0.781. The summed E-state index contributed by atoms with van der Waals surface area (Å²) < 4.78 is 0. The first-order valence-electron chi connectivity index (χ1n) is 7.10. The summed E-state index contributed by atoms with van der Waals surface area (Å²) in [6, 6.07) is 6.87. The van der Waals surface area contributed by atoms with Crippen molar-refractivity contribution >= 4 is 16.9 Å². The third-order valence-electron chi connectivity index (χ3n) is 3.66.